The minimum atomic E-state index is -2.79. The van der Waals surface area contributed by atoms with Crippen molar-refractivity contribution in [2.45, 2.75) is 24.8 Å². The molecule has 26 heavy (non-hydrogen) atoms. The predicted octanol–water partition coefficient (Wildman–Crippen LogP) is 3.06. The molecule has 1 aromatic carbocycles. The van der Waals surface area contributed by atoms with E-state index in [1.807, 2.05) is 36.0 Å². The molecule has 0 aromatic heterocycles. The number of hydrogen-bond acceptors (Lipinski definition) is 4. The quantitative estimate of drug-likeness (QED) is 0.757. The summed E-state index contributed by atoms with van der Waals surface area (Å²) in [4.78, 5) is 14.5. The standard InChI is InChI=1S/C17H23F2N3OS.2ClH/c18-17(19)11-15(20-12-17)16(23)21-14-3-1-13(2-4-14)5-6-22-7-9-24-10-8-22;;/h1-4,15,20H,5-12H2,(H,21,23);2*1H. The van der Waals surface area contributed by atoms with Crippen molar-refractivity contribution in [3.8, 4) is 0 Å². The van der Waals surface area contributed by atoms with Crippen molar-refractivity contribution in [3.05, 3.63) is 29.8 Å². The molecule has 2 aliphatic heterocycles. The van der Waals surface area contributed by atoms with Crippen LogP contribution in [0.15, 0.2) is 24.3 Å². The van der Waals surface area contributed by atoms with Gasteiger partial charge in [0.05, 0.1) is 12.6 Å². The molecule has 1 aromatic rings. The molecule has 1 unspecified atom stereocenters. The van der Waals surface area contributed by atoms with E-state index in [0.29, 0.717) is 5.69 Å². The average molecular weight is 428 g/mol. The number of nitrogens with one attached hydrogen (secondary N) is 2. The van der Waals surface area contributed by atoms with Gasteiger partial charge in [-0.25, -0.2) is 8.78 Å². The van der Waals surface area contributed by atoms with E-state index in [9.17, 15) is 13.6 Å². The zero-order chi connectivity index (χ0) is 17.0. The summed E-state index contributed by atoms with van der Waals surface area (Å²) in [6.07, 6.45) is 0.542. The number of amides is 1. The number of nitrogens with zero attached hydrogens (tertiary/aromatic N) is 1. The number of anilines is 1. The van der Waals surface area contributed by atoms with E-state index < -0.39 is 30.8 Å². The second-order valence-corrected chi connectivity index (χ2v) is 7.61. The van der Waals surface area contributed by atoms with Crippen LogP contribution in [0.5, 0.6) is 0 Å². The van der Waals surface area contributed by atoms with Gasteiger partial charge in [-0.3, -0.25) is 10.1 Å². The van der Waals surface area contributed by atoms with E-state index in [1.54, 1.807) is 0 Å². The van der Waals surface area contributed by atoms with Crippen LogP contribution in [-0.2, 0) is 11.2 Å². The third-order valence-electron chi connectivity index (χ3n) is 4.47. The monoisotopic (exact) mass is 427 g/mol. The van der Waals surface area contributed by atoms with E-state index in [1.165, 1.54) is 17.1 Å². The molecule has 0 saturated carbocycles. The molecule has 0 radical (unpaired) electrons. The number of rotatable bonds is 5. The highest BCUT2D eigenvalue weighted by Crippen LogP contribution is 2.25. The molecule has 4 nitrogen and oxygen atoms in total. The molecule has 0 aliphatic carbocycles. The van der Waals surface area contributed by atoms with Gasteiger partial charge in [-0.15, -0.1) is 24.8 Å². The molecule has 0 bridgehead atoms. The molecule has 9 heteroatoms. The Morgan fingerprint density at radius 2 is 1.88 bits per heavy atom. The van der Waals surface area contributed by atoms with E-state index in [-0.39, 0.29) is 24.8 Å². The van der Waals surface area contributed by atoms with Crippen LogP contribution in [0.4, 0.5) is 14.5 Å². The molecule has 0 spiro atoms. The van der Waals surface area contributed by atoms with Gasteiger partial charge in [0.15, 0.2) is 0 Å². The van der Waals surface area contributed by atoms with E-state index in [4.69, 9.17) is 0 Å². The molecule has 2 N–H and O–H groups in total. The number of carbonyl (C=O) groups excluding carboxylic acids is 1. The van der Waals surface area contributed by atoms with Gasteiger partial charge in [-0.1, -0.05) is 12.1 Å². The fourth-order valence-electron chi connectivity index (χ4n) is 3.00. The molecule has 148 valence electrons. The van der Waals surface area contributed by atoms with Gasteiger partial charge in [-0.2, -0.15) is 11.8 Å². The van der Waals surface area contributed by atoms with Crippen LogP contribution >= 0.6 is 36.6 Å². The molecule has 3 rings (SSSR count). The van der Waals surface area contributed by atoms with Crippen LogP contribution in [0.25, 0.3) is 0 Å². The minimum Gasteiger partial charge on any atom is -0.325 e. The topological polar surface area (TPSA) is 44.4 Å². The summed E-state index contributed by atoms with van der Waals surface area (Å²) in [7, 11) is 0. The van der Waals surface area contributed by atoms with E-state index in [0.717, 1.165) is 26.1 Å². The third-order valence-corrected chi connectivity index (χ3v) is 5.41. The van der Waals surface area contributed by atoms with E-state index in [2.05, 4.69) is 15.5 Å². The SMILES string of the molecule is Cl.Cl.O=C(Nc1ccc(CCN2CCSCC2)cc1)C1CC(F)(F)CN1. The Bertz CT molecular complexity index is 572. The van der Waals surface area contributed by atoms with Gasteiger partial charge in [0.2, 0.25) is 5.91 Å². The van der Waals surface area contributed by atoms with Crippen LogP contribution < -0.4 is 10.6 Å². The second-order valence-electron chi connectivity index (χ2n) is 6.38. The van der Waals surface area contributed by atoms with Crippen molar-refractivity contribution < 1.29 is 13.6 Å². The maximum absolute atomic E-state index is 13.1. The molecule has 2 fully saturated rings. The molecule has 2 saturated heterocycles. The Morgan fingerprint density at radius 3 is 2.46 bits per heavy atom. The summed E-state index contributed by atoms with van der Waals surface area (Å²) in [5.74, 6) is -0.775. The van der Waals surface area contributed by atoms with Crippen LogP contribution in [0.1, 0.15) is 12.0 Å². The van der Waals surface area contributed by atoms with Crippen LogP contribution in [0, 0.1) is 0 Å². The zero-order valence-electron chi connectivity index (χ0n) is 14.4. The second kappa shape index (κ2) is 10.7. The summed E-state index contributed by atoms with van der Waals surface area (Å²) in [6, 6.07) is 6.84. The predicted molar refractivity (Wildman–Crippen MR) is 108 cm³/mol. The van der Waals surface area contributed by atoms with Crippen LogP contribution in [0.3, 0.4) is 0 Å². The Balaban J connectivity index is 0.00000169. The molecular weight excluding hydrogens is 403 g/mol. The van der Waals surface area contributed by atoms with Crippen molar-refractivity contribution in [2.75, 3.05) is 43.0 Å². The Morgan fingerprint density at radius 1 is 1.23 bits per heavy atom. The Kier molecular flexibility index (Phi) is 9.61. The largest absolute Gasteiger partial charge is 0.325 e. The third kappa shape index (κ3) is 6.85. The Labute approximate surface area is 169 Å². The molecule has 1 atom stereocenters. The van der Waals surface area contributed by atoms with Crippen LogP contribution in [0.2, 0.25) is 0 Å². The Hall–Kier alpha value is -0.600. The number of benzene rings is 1. The number of carbonyl (C=O) groups is 1. The first-order valence-electron chi connectivity index (χ1n) is 8.33. The van der Waals surface area contributed by atoms with Gasteiger partial charge in [-0.05, 0) is 24.1 Å². The molecule has 1 amide bonds. The van der Waals surface area contributed by atoms with Gasteiger partial charge in [0, 0.05) is 43.2 Å². The van der Waals surface area contributed by atoms with Gasteiger partial charge in [0.25, 0.3) is 5.92 Å². The minimum absolute atomic E-state index is 0. The number of alkyl halides is 2. The zero-order valence-corrected chi connectivity index (χ0v) is 16.8. The summed E-state index contributed by atoms with van der Waals surface area (Å²) in [5.41, 5.74) is 1.87. The summed E-state index contributed by atoms with van der Waals surface area (Å²) >= 11 is 2.00. The first kappa shape index (κ1) is 23.4. The lowest BCUT2D eigenvalue weighted by atomic mass is 10.1. The molecular formula is C17H25Cl2F2N3OS. The number of thioether (sulfide) groups is 1. The maximum atomic E-state index is 13.1. The van der Waals surface area contributed by atoms with Crippen molar-refractivity contribution in [1.82, 2.24) is 10.2 Å². The summed E-state index contributed by atoms with van der Waals surface area (Å²) in [5, 5.41) is 5.27. The first-order chi connectivity index (χ1) is 11.5. The highest BCUT2D eigenvalue weighted by Gasteiger charge is 2.42. The average Bonchev–Trinajstić information content (AvgIpc) is 2.95. The lowest BCUT2D eigenvalue weighted by Gasteiger charge is -2.26. The fraction of sp³-hybridized carbons (Fsp3) is 0.588. The van der Waals surface area contributed by atoms with Gasteiger partial charge >= 0.3 is 0 Å². The lowest BCUT2D eigenvalue weighted by molar-refractivity contribution is -0.118. The molecule has 2 heterocycles. The highest BCUT2D eigenvalue weighted by atomic mass is 35.5. The normalized spacial score (nSPS) is 22.2. The van der Waals surface area contributed by atoms with Gasteiger partial charge < -0.3 is 10.2 Å². The lowest BCUT2D eigenvalue weighted by Crippen LogP contribution is -2.35. The molecule has 2 aliphatic rings. The summed E-state index contributed by atoms with van der Waals surface area (Å²) in [6.45, 7) is 2.92. The van der Waals surface area contributed by atoms with Crippen molar-refractivity contribution >= 4 is 48.2 Å². The van der Waals surface area contributed by atoms with Crippen molar-refractivity contribution in [1.29, 1.82) is 0 Å². The maximum Gasteiger partial charge on any atom is 0.262 e. The van der Waals surface area contributed by atoms with Crippen molar-refractivity contribution in [2.24, 2.45) is 0 Å². The van der Waals surface area contributed by atoms with Crippen molar-refractivity contribution in [3.63, 3.8) is 0 Å². The van der Waals surface area contributed by atoms with E-state index >= 15 is 0 Å². The smallest absolute Gasteiger partial charge is 0.262 e. The van der Waals surface area contributed by atoms with Crippen LogP contribution in [-0.4, -0.2) is 60.5 Å². The summed E-state index contributed by atoms with van der Waals surface area (Å²) < 4.78 is 26.3. The number of halogens is 4. The fourth-order valence-corrected chi connectivity index (χ4v) is 3.98. The number of hydrogen-bond donors (Lipinski definition) is 2. The highest BCUT2D eigenvalue weighted by molar-refractivity contribution is 7.99. The first-order valence-corrected chi connectivity index (χ1v) is 9.48. The van der Waals surface area contributed by atoms with Gasteiger partial charge in [0.1, 0.15) is 0 Å².